The lowest BCUT2D eigenvalue weighted by atomic mass is 10.0. The first-order valence-electron chi connectivity index (χ1n) is 6.65. The second-order valence-electron chi connectivity index (χ2n) is 5.16. The van der Waals surface area contributed by atoms with Gasteiger partial charge >= 0.3 is 0 Å². The van der Waals surface area contributed by atoms with Gasteiger partial charge in [0.15, 0.2) is 5.78 Å². The molecule has 0 saturated heterocycles. The molecule has 0 bridgehead atoms. The largest absolute Gasteiger partial charge is 0.378 e. The van der Waals surface area contributed by atoms with E-state index in [1.807, 2.05) is 55.4 Å². The second kappa shape index (κ2) is 5.26. The van der Waals surface area contributed by atoms with Crippen molar-refractivity contribution >= 4 is 34.0 Å². The maximum Gasteiger partial charge on any atom is 0.195 e. The molecule has 3 aromatic rings. The summed E-state index contributed by atoms with van der Waals surface area (Å²) < 4.78 is 0. The van der Waals surface area contributed by atoms with Gasteiger partial charge in [-0.1, -0.05) is 11.6 Å². The summed E-state index contributed by atoms with van der Waals surface area (Å²) in [7, 11) is 3.94. The summed E-state index contributed by atoms with van der Waals surface area (Å²) in [6.45, 7) is 0. The molecule has 0 radical (unpaired) electrons. The van der Waals surface area contributed by atoms with Crippen molar-refractivity contribution in [2.75, 3.05) is 19.0 Å². The molecular weight excluding hydrogens is 284 g/mol. The van der Waals surface area contributed by atoms with Gasteiger partial charge in [0.05, 0.1) is 0 Å². The van der Waals surface area contributed by atoms with E-state index >= 15 is 0 Å². The van der Waals surface area contributed by atoms with Gasteiger partial charge in [-0.2, -0.15) is 0 Å². The standard InChI is InChI=1S/C17H15ClN2O/c1-20(2)13-6-3-11(4-7-13)17(21)15-10-19-16-8-5-12(18)9-14(15)16/h3-10,19H,1-2H3. The van der Waals surface area contributed by atoms with E-state index in [9.17, 15) is 4.79 Å². The number of ketones is 1. The molecule has 0 atom stereocenters. The predicted octanol–water partition coefficient (Wildman–Crippen LogP) is 4.12. The van der Waals surface area contributed by atoms with Crippen LogP contribution in [0.5, 0.6) is 0 Å². The van der Waals surface area contributed by atoms with Gasteiger partial charge in [-0.15, -0.1) is 0 Å². The number of aromatic nitrogens is 1. The van der Waals surface area contributed by atoms with Gasteiger partial charge in [0.2, 0.25) is 0 Å². The van der Waals surface area contributed by atoms with Gasteiger partial charge in [-0.25, -0.2) is 0 Å². The zero-order chi connectivity index (χ0) is 15.0. The van der Waals surface area contributed by atoms with Crippen molar-refractivity contribution in [3.8, 4) is 0 Å². The second-order valence-corrected chi connectivity index (χ2v) is 5.60. The van der Waals surface area contributed by atoms with Crippen molar-refractivity contribution in [2.24, 2.45) is 0 Å². The summed E-state index contributed by atoms with van der Waals surface area (Å²) in [5.41, 5.74) is 3.28. The third-order valence-electron chi connectivity index (χ3n) is 3.53. The molecule has 21 heavy (non-hydrogen) atoms. The van der Waals surface area contributed by atoms with Gasteiger partial charge in [-0.05, 0) is 42.5 Å². The Morgan fingerprint density at radius 3 is 2.48 bits per heavy atom. The fourth-order valence-corrected chi connectivity index (χ4v) is 2.52. The minimum Gasteiger partial charge on any atom is -0.378 e. The molecular formula is C17H15ClN2O. The average molecular weight is 299 g/mol. The molecule has 0 aliphatic rings. The summed E-state index contributed by atoms with van der Waals surface area (Å²) in [5.74, 6) is -0.00572. The zero-order valence-corrected chi connectivity index (χ0v) is 12.6. The van der Waals surface area contributed by atoms with Crippen LogP contribution in [-0.4, -0.2) is 24.9 Å². The topological polar surface area (TPSA) is 36.1 Å². The Labute approximate surface area is 128 Å². The fourth-order valence-electron chi connectivity index (χ4n) is 2.35. The number of carbonyl (C=O) groups excluding carboxylic acids is 1. The Morgan fingerprint density at radius 1 is 1.10 bits per heavy atom. The number of nitrogens with one attached hydrogen (secondary N) is 1. The molecule has 1 N–H and O–H groups in total. The van der Waals surface area contributed by atoms with Gasteiger partial charge in [0.1, 0.15) is 0 Å². The molecule has 0 amide bonds. The van der Waals surface area contributed by atoms with E-state index in [1.54, 1.807) is 12.3 Å². The van der Waals surface area contributed by atoms with Crippen molar-refractivity contribution in [3.05, 3.63) is 64.8 Å². The lowest BCUT2D eigenvalue weighted by molar-refractivity contribution is 0.104. The third kappa shape index (κ3) is 2.52. The van der Waals surface area contributed by atoms with Crippen LogP contribution < -0.4 is 4.90 Å². The molecule has 1 aromatic heterocycles. The number of hydrogen-bond donors (Lipinski definition) is 1. The van der Waals surface area contributed by atoms with E-state index in [-0.39, 0.29) is 5.78 Å². The first-order chi connectivity index (χ1) is 10.1. The third-order valence-corrected chi connectivity index (χ3v) is 3.77. The van der Waals surface area contributed by atoms with Crippen molar-refractivity contribution < 1.29 is 4.79 Å². The van der Waals surface area contributed by atoms with Crippen LogP contribution in [0, 0.1) is 0 Å². The van der Waals surface area contributed by atoms with Crippen molar-refractivity contribution in [2.45, 2.75) is 0 Å². The fraction of sp³-hybridized carbons (Fsp3) is 0.118. The van der Waals surface area contributed by atoms with Crippen molar-refractivity contribution in [1.82, 2.24) is 4.98 Å². The molecule has 106 valence electrons. The molecule has 0 fully saturated rings. The van der Waals surface area contributed by atoms with E-state index < -0.39 is 0 Å². The van der Waals surface area contributed by atoms with E-state index in [0.29, 0.717) is 16.1 Å². The maximum absolute atomic E-state index is 12.6. The summed E-state index contributed by atoms with van der Waals surface area (Å²) in [4.78, 5) is 17.7. The number of H-pyrrole nitrogens is 1. The molecule has 3 rings (SSSR count). The Hall–Kier alpha value is -2.26. The maximum atomic E-state index is 12.6. The summed E-state index contributed by atoms with van der Waals surface area (Å²) in [6, 6.07) is 13.1. The Morgan fingerprint density at radius 2 is 1.81 bits per heavy atom. The number of fused-ring (bicyclic) bond motifs is 1. The number of halogens is 1. The minimum atomic E-state index is -0.00572. The van der Waals surface area contributed by atoms with Crippen LogP contribution in [0.1, 0.15) is 15.9 Å². The molecule has 0 unspecified atom stereocenters. The Balaban J connectivity index is 2.02. The number of hydrogen-bond acceptors (Lipinski definition) is 2. The van der Waals surface area contributed by atoms with Crippen LogP contribution in [-0.2, 0) is 0 Å². The normalized spacial score (nSPS) is 10.8. The SMILES string of the molecule is CN(C)c1ccc(C(=O)c2c[nH]c3ccc(Cl)cc23)cc1. The number of aromatic amines is 1. The molecule has 4 heteroatoms. The number of rotatable bonds is 3. The van der Waals surface area contributed by atoms with E-state index in [4.69, 9.17) is 11.6 Å². The molecule has 3 nitrogen and oxygen atoms in total. The van der Waals surface area contributed by atoms with E-state index in [1.165, 1.54) is 0 Å². The molecule has 0 spiro atoms. The Kier molecular flexibility index (Phi) is 3.43. The first kappa shape index (κ1) is 13.7. The highest BCUT2D eigenvalue weighted by Crippen LogP contribution is 2.25. The molecule has 1 heterocycles. The van der Waals surface area contributed by atoms with Crippen molar-refractivity contribution in [3.63, 3.8) is 0 Å². The van der Waals surface area contributed by atoms with Gasteiger partial charge in [0.25, 0.3) is 0 Å². The van der Waals surface area contributed by atoms with Gasteiger partial charge < -0.3 is 9.88 Å². The minimum absolute atomic E-state index is 0.00572. The van der Waals surface area contributed by atoms with Crippen LogP contribution in [0.3, 0.4) is 0 Å². The molecule has 0 aliphatic carbocycles. The lowest BCUT2D eigenvalue weighted by Gasteiger charge is -2.12. The van der Waals surface area contributed by atoms with Crippen LogP contribution in [0.4, 0.5) is 5.69 Å². The summed E-state index contributed by atoms with van der Waals surface area (Å²) >= 11 is 6.02. The summed E-state index contributed by atoms with van der Waals surface area (Å²) in [5, 5.41) is 1.48. The van der Waals surface area contributed by atoms with Crippen LogP contribution in [0.15, 0.2) is 48.7 Å². The smallest absolute Gasteiger partial charge is 0.195 e. The number of nitrogens with zero attached hydrogens (tertiary/aromatic N) is 1. The highest BCUT2D eigenvalue weighted by molar-refractivity contribution is 6.31. The average Bonchev–Trinajstić information content (AvgIpc) is 2.89. The van der Waals surface area contributed by atoms with E-state index in [0.717, 1.165) is 16.6 Å². The lowest BCUT2D eigenvalue weighted by Crippen LogP contribution is -2.09. The quantitative estimate of drug-likeness (QED) is 0.738. The van der Waals surface area contributed by atoms with E-state index in [2.05, 4.69) is 4.98 Å². The van der Waals surface area contributed by atoms with Gasteiger partial charge in [-0.3, -0.25) is 4.79 Å². The van der Waals surface area contributed by atoms with Gasteiger partial charge in [0, 0.05) is 53.0 Å². The number of carbonyl (C=O) groups is 1. The highest BCUT2D eigenvalue weighted by Gasteiger charge is 2.14. The highest BCUT2D eigenvalue weighted by atomic mass is 35.5. The summed E-state index contributed by atoms with van der Waals surface area (Å²) in [6.07, 6.45) is 1.74. The zero-order valence-electron chi connectivity index (χ0n) is 11.9. The number of benzene rings is 2. The van der Waals surface area contributed by atoms with Crippen LogP contribution in [0.2, 0.25) is 5.02 Å². The molecule has 0 saturated carbocycles. The predicted molar refractivity (Wildman–Crippen MR) is 87.5 cm³/mol. The van der Waals surface area contributed by atoms with Crippen LogP contribution in [0.25, 0.3) is 10.9 Å². The monoisotopic (exact) mass is 298 g/mol. The van der Waals surface area contributed by atoms with Crippen LogP contribution >= 0.6 is 11.6 Å². The number of anilines is 1. The Bertz CT molecular complexity index is 803. The van der Waals surface area contributed by atoms with Crippen molar-refractivity contribution in [1.29, 1.82) is 0 Å². The molecule has 2 aromatic carbocycles. The molecule has 0 aliphatic heterocycles. The first-order valence-corrected chi connectivity index (χ1v) is 7.03.